The minimum Gasteiger partial charge on any atom is -0.206 e. The third kappa shape index (κ3) is 7.72. The van der Waals surface area contributed by atoms with Crippen molar-refractivity contribution >= 4 is 5.57 Å². The quantitative estimate of drug-likeness (QED) is 0.155. The van der Waals surface area contributed by atoms with Gasteiger partial charge in [-0.25, -0.2) is 13.2 Å². The summed E-state index contributed by atoms with van der Waals surface area (Å²) in [7, 11) is 0. The molecule has 228 valence electrons. The maximum Gasteiger partial charge on any atom is 0.166 e. The van der Waals surface area contributed by atoms with Gasteiger partial charge in [-0.3, -0.25) is 0 Å². The lowest BCUT2D eigenvalue weighted by molar-refractivity contribution is 0.187. The molecule has 3 heteroatoms. The Morgan fingerprint density at radius 2 is 1.40 bits per heavy atom. The van der Waals surface area contributed by atoms with Crippen molar-refractivity contribution < 1.29 is 13.2 Å². The summed E-state index contributed by atoms with van der Waals surface area (Å²) in [5.41, 5.74) is 4.60. The minimum atomic E-state index is -0.844. The average Bonchev–Trinajstić information content (AvgIpc) is 3.04. The molecule has 0 nitrogen and oxygen atoms in total. The summed E-state index contributed by atoms with van der Waals surface area (Å²) in [4.78, 5) is 0. The van der Waals surface area contributed by atoms with Gasteiger partial charge in [-0.2, -0.15) is 0 Å². The Kier molecular flexibility index (Phi) is 11.0. The molecule has 0 radical (unpaired) electrons. The molecule has 3 aromatic rings. The van der Waals surface area contributed by atoms with E-state index >= 15 is 4.39 Å². The molecule has 1 atom stereocenters. The summed E-state index contributed by atoms with van der Waals surface area (Å²) in [5, 5.41) is 0. The largest absolute Gasteiger partial charge is 0.206 e. The van der Waals surface area contributed by atoms with Crippen molar-refractivity contribution in [2.24, 2.45) is 17.8 Å². The van der Waals surface area contributed by atoms with Crippen molar-refractivity contribution in [2.75, 3.05) is 0 Å². The molecule has 1 unspecified atom stereocenters. The fourth-order valence-electron chi connectivity index (χ4n) is 7.30. The van der Waals surface area contributed by atoms with Crippen LogP contribution in [0.5, 0.6) is 0 Å². The van der Waals surface area contributed by atoms with Crippen molar-refractivity contribution in [2.45, 2.75) is 97.3 Å². The van der Waals surface area contributed by atoms with Gasteiger partial charge in [0, 0.05) is 11.1 Å². The summed E-state index contributed by atoms with van der Waals surface area (Å²) < 4.78 is 45.0. The van der Waals surface area contributed by atoms with Gasteiger partial charge in [0.2, 0.25) is 0 Å². The molecule has 0 spiro atoms. The van der Waals surface area contributed by atoms with Crippen LogP contribution in [0.3, 0.4) is 0 Å². The van der Waals surface area contributed by atoms with Crippen molar-refractivity contribution in [1.82, 2.24) is 0 Å². The standard InChI is InChI=1S/C40H47F3/c1-3-5-7-9-28-11-13-29(14-12-28)30-15-17-31(18-16-30)35-24-25-36(38(41)27-35)32-19-21-33(22-20-32)37-26-23-34(10-8-6-4-2)39(42)40(37)43/h6,8,17,19-30H,3-5,7,9-16,18H2,1-2H3/b8-6-. The molecule has 1 fully saturated rings. The Morgan fingerprint density at radius 1 is 0.698 bits per heavy atom. The van der Waals surface area contributed by atoms with Crippen LogP contribution in [-0.2, 0) is 6.42 Å². The first-order valence-corrected chi connectivity index (χ1v) is 16.7. The molecule has 2 aliphatic rings. The summed E-state index contributed by atoms with van der Waals surface area (Å²) in [6, 6.07) is 15.8. The maximum atomic E-state index is 15.4. The zero-order valence-electron chi connectivity index (χ0n) is 26.0. The fraction of sp³-hybridized carbons (Fsp3) is 0.450. The summed E-state index contributed by atoms with van der Waals surface area (Å²) in [6.07, 6.45) is 21.8. The molecule has 43 heavy (non-hydrogen) atoms. The Balaban J connectivity index is 1.20. The molecule has 2 aliphatic carbocycles. The van der Waals surface area contributed by atoms with Crippen LogP contribution in [0.1, 0.15) is 102 Å². The lowest BCUT2D eigenvalue weighted by Crippen LogP contribution is -2.23. The van der Waals surface area contributed by atoms with Gasteiger partial charge >= 0.3 is 0 Å². The van der Waals surface area contributed by atoms with Crippen LogP contribution in [0, 0.1) is 35.2 Å². The molecular formula is C40H47F3. The highest BCUT2D eigenvalue weighted by atomic mass is 19.2. The first kappa shape index (κ1) is 31.4. The van der Waals surface area contributed by atoms with Gasteiger partial charge in [-0.1, -0.05) is 119 Å². The van der Waals surface area contributed by atoms with E-state index in [0.717, 1.165) is 48.1 Å². The molecule has 0 amide bonds. The Labute approximate surface area is 257 Å². The van der Waals surface area contributed by atoms with Crippen LogP contribution < -0.4 is 0 Å². The zero-order valence-corrected chi connectivity index (χ0v) is 26.0. The first-order chi connectivity index (χ1) is 21.0. The van der Waals surface area contributed by atoms with E-state index in [0.29, 0.717) is 23.1 Å². The van der Waals surface area contributed by atoms with Crippen LogP contribution >= 0.6 is 0 Å². The van der Waals surface area contributed by atoms with Gasteiger partial charge in [0.25, 0.3) is 0 Å². The molecule has 0 heterocycles. The van der Waals surface area contributed by atoms with Gasteiger partial charge < -0.3 is 0 Å². The molecule has 0 N–H and O–H groups in total. The highest BCUT2D eigenvalue weighted by Gasteiger charge is 2.28. The van der Waals surface area contributed by atoms with E-state index in [2.05, 4.69) is 13.0 Å². The number of allylic oxidation sites excluding steroid dienone is 4. The minimum absolute atomic E-state index is 0.214. The van der Waals surface area contributed by atoms with Crippen LogP contribution in [-0.4, -0.2) is 0 Å². The number of hydrogen-bond acceptors (Lipinski definition) is 0. The number of benzene rings is 3. The second kappa shape index (κ2) is 15.1. The highest BCUT2D eigenvalue weighted by molar-refractivity contribution is 5.74. The van der Waals surface area contributed by atoms with E-state index in [1.807, 2.05) is 31.2 Å². The van der Waals surface area contributed by atoms with Crippen molar-refractivity contribution in [3.8, 4) is 22.3 Å². The van der Waals surface area contributed by atoms with Crippen LogP contribution in [0.4, 0.5) is 13.2 Å². The number of unbranched alkanes of at least 4 members (excludes halogenated alkanes) is 2. The van der Waals surface area contributed by atoms with Crippen molar-refractivity contribution in [3.05, 3.63) is 101 Å². The van der Waals surface area contributed by atoms with E-state index in [9.17, 15) is 8.78 Å². The van der Waals surface area contributed by atoms with Gasteiger partial charge in [0.05, 0.1) is 0 Å². The van der Waals surface area contributed by atoms with E-state index in [4.69, 9.17) is 0 Å². The number of rotatable bonds is 11. The molecular weight excluding hydrogens is 537 g/mol. The maximum absolute atomic E-state index is 15.4. The molecule has 0 aliphatic heterocycles. The van der Waals surface area contributed by atoms with Gasteiger partial charge in [0.1, 0.15) is 5.82 Å². The van der Waals surface area contributed by atoms with Crippen LogP contribution in [0.2, 0.25) is 0 Å². The van der Waals surface area contributed by atoms with E-state index in [1.54, 1.807) is 42.5 Å². The summed E-state index contributed by atoms with van der Waals surface area (Å²) in [6.45, 7) is 4.29. The van der Waals surface area contributed by atoms with Gasteiger partial charge in [-0.05, 0) is 96.6 Å². The monoisotopic (exact) mass is 584 g/mol. The van der Waals surface area contributed by atoms with Crippen molar-refractivity contribution in [1.29, 1.82) is 0 Å². The van der Waals surface area contributed by atoms with E-state index in [-0.39, 0.29) is 11.4 Å². The molecule has 1 saturated carbocycles. The third-order valence-electron chi connectivity index (χ3n) is 9.97. The SMILES string of the molecule is CC/C=C\Cc1ccc(-c2ccc(-c3ccc(C4=CCC(C5CCC(CCCCC)CC5)CC4)cc3F)cc2)c(F)c1F. The van der Waals surface area contributed by atoms with Crippen LogP contribution in [0.15, 0.2) is 72.8 Å². The first-order valence-electron chi connectivity index (χ1n) is 16.7. The van der Waals surface area contributed by atoms with Gasteiger partial charge in [-0.15, -0.1) is 0 Å². The third-order valence-corrected chi connectivity index (χ3v) is 9.97. The average molecular weight is 585 g/mol. The second-order valence-electron chi connectivity index (χ2n) is 12.8. The normalized spacial score (nSPS) is 20.9. The molecule has 5 rings (SSSR count). The molecule has 0 bridgehead atoms. The second-order valence-corrected chi connectivity index (χ2v) is 12.8. The molecule has 0 aromatic heterocycles. The predicted molar refractivity (Wildman–Crippen MR) is 175 cm³/mol. The van der Waals surface area contributed by atoms with Crippen molar-refractivity contribution in [3.63, 3.8) is 0 Å². The Bertz CT molecular complexity index is 1410. The zero-order chi connectivity index (χ0) is 30.2. The van der Waals surface area contributed by atoms with E-state index < -0.39 is 11.6 Å². The lowest BCUT2D eigenvalue weighted by Gasteiger charge is -2.35. The Hall–Kier alpha value is -3.07. The summed E-state index contributed by atoms with van der Waals surface area (Å²) >= 11 is 0. The topological polar surface area (TPSA) is 0 Å². The Morgan fingerprint density at radius 3 is 2.05 bits per heavy atom. The predicted octanol–water partition coefficient (Wildman–Crippen LogP) is 12.5. The van der Waals surface area contributed by atoms with Gasteiger partial charge in [0.15, 0.2) is 11.6 Å². The lowest BCUT2D eigenvalue weighted by atomic mass is 9.70. The molecule has 3 aromatic carbocycles. The number of hydrogen-bond donors (Lipinski definition) is 0. The van der Waals surface area contributed by atoms with Crippen LogP contribution in [0.25, 0.3) is 27.8 Å². The number of halogens is 3. The summed E-state index contributed by atoms with van der Waals surface area (Å²) in [5.74, 6) is 0.671. The fourth-order valence-corrected chi connectivity index (χ4v) is 7.30. The highest BCUT2D eigenvalue weighted by Crippen LogP contribution is 2.42. The smallest absolute Gasteiger partial charge is 0.166 e. The van der Waals surface area contributed by atoms with E-state index in [1.165, 1.54) is 63.4 Å². The molecule has 0 saturated heterocycles.